The van der Waals surface area contributed by atoms with E-state index in [1.165, 1.54) is 25.7 Å². The zero-order valence-electron chi connectivity index (χ0n) is 13.9. The van der Waals surface area contributed by atoms with Crippen LogP contribution in [0.5, 0.6) is 0 Å². The summed E-state index contributed by atoms with van der Waals surface area (Å²) in [4.78, 5) is 11.1. The van der Waals surface area contributed by atoms with Crippen LogP contribution in [0, 0.1) is 11.8 Å². The van der Waals surface area contributed by atoms with Crippen LogP contribution >= 0.6 is 0 Å². The molecule has 0 amide bonds. The first kappa shape index (κ1) is 20.1. The van der Waals surface area contributed by atoms with E-state index in [9.17, 15) is 4.79 Å². The molecule has 0 aliphatic heterocycles. The van der Waals surface area contributed by atoms with E-state index < -0.39 is 0 Å². The van der Waals surface area contributed by atoms with Gasteiger partial charge in [0.25, 0.3) is 0 Å². The van der Waals surface area contributed by atoms with E-state index in [0.717, 1.165) is 45.1 Å². The van der Waals surface area contributed by atoms with Crippen LogP contribution in [-0.2, 0) is 14.3 Å². The van der Waals surface area contributed by atoms with Gasteiger partial charge in [-0.05, 0) is 25.7 Å². The summed E-state index contributed by atoms with van der Waals surface area (Å²) < 4.78 is 10.0. The lowest BCUT2D eigenvalue weighted by Gasteiger charge is -2.02. The molecule has 0 spiro atoms. The van der Waals surface area contributed by atoms with Gasteiger partial charge in [-0.1, -0.05) is 26.2 Å². The van der Waals surface area contributed by atoms with Crippen molar-refractivity contribution in [2.45, 2.75) is 77.6 Å². The molecule has 0 aliphatic rings. The number of rotatable bonds is 14. The van der Waals surface area contributed by atoms with E-state index in [4.69, 9.17) is 9.47 Å². The van der Waals surface area contributed by atoms with E-state index >= 15 is 0 Å². The number of carbonyl (C=O) groups excluding carboxylic acids is 1. The second-order valence-electron chi connectivity index (χ2n) is 5.29. The predicted molar refractivity (Wildman–Crippen MR) is 87.1 cm³/mol. The molecule has 3 nitrogen and oxygen atoms in total. The molecule has 0 atom stereocenters. The Labute approximate surface area is 130 Å². The summed E-state index contributed by atoms with van der Waals surface area (Å²) in [6.07, 6.45) is 11.4. The Bertz CT molecular complexity index is 289. The molecule has 0 aromatic rings. The van der Waals surface area contributed by atoms with Gasteiger partial charge in [0.2, 0.25) is 0 Å². The van der Waals surface area contributed by atoms with Crippen LogP contribution in [0.3, 0.4) is 0 Å². The summed E-state index contributed by atoms with van der Waals surface area (Å²) in [6.45, 7) is 3.13. The van der Waals surface area contributed by atoms with E-state index in [1.54, 1.807) is 7.11 Å². The monoisotopic (exact) mass is 296 g/mol. The first-order valence-electron chi connectivity index (χ1n) is 8.35. The summed E-state index contributed by atoms with van der Waals surface area (Å²) in [5, 5.41) is 0. The maximum atomic E-state index is 11.1. The second-order valence-corrected chi connectivity index (χ2v) is 5.29. The zero-order chi connectivity index (χ0) is 15.6. The van der Waals surface area contributed by atoms with Crippen LogP contribution in [0.15, 0.2) is 0 Å². The number of ether oxygens (including phenoxy) is 2. The molecule has 0 aliphatic carbocycles. The van der Waals surface area contributed by atoms with E-state index in [-0.39, 0.29) is 0 Å². The average Bonchev–Trinajstić information content (AvgIpc) is 2.50. The van der Waals surface area contributed by atoms with Crippen LogP contribution in [0.25, 0.3) is 0 Å². The third-order valence-electron chi connectivity index (χ3n) is 3.32. The van der Waals surface area contributed by atoms with Crippen LogP contribution in [0.1, 0.15) is 77.6 Å². The van der Waals surface area contributed by atoms with Gasteiger partial charge >= 0.3 is 0 Å². The van der Waals surface area contributed by atoms with Gasteiger partial charge in [-0.2, -0.15) is 0 Å². The predicted octanol–water partition coefficient (Wildman–Crippen LogP) is 4.49. The lowest BCUT2D eigenvalue weighted by molar-refractivity contribution is -0.118. The Balaban J connectivity index is 3.14. The molecule has 21 heavy (non-hydrogen) atoms. The minimum Gasteiger partial charge on any atom is -0.359 e. The highest BCUT2D eigenvalue weighted by Gasteiger charge is 1.96. The lowest BCUT2D eigenvalue weighted by Crippen LogP contribution is -1.98. The quantitative estimate of drug-likeness (QED) is 0.269. The van der Waals surface area contributed by atoms with Crippen molar-refractivity contribution in [2.24, 2.45) is 0 Å². The van der Waals surface area contributed by atoms with Gasteiger partial charge in [0.15, 0.2) is 0 Å². The van der Waals surface area contributed by atoms with E-state index in [2.05, 4.69) is 11.8 Å². The lowest BCUT2D eigenvalue weighted by atomic mass is 10.1. The standard InChI is InChI=1S/C18H32O3/c1-3-18(19)15-13-11-9-7-5-4-6-8-10-12-14-16-21-17-20-2/h3-4,6,8-17H2,1-2H3. The third-order valence-corrected chi connectivity index (χ3v) is 3.32. The number of methoxy groups -OCH3 is 1. The van der Waals surface area contributed by atoms with Crippen LogP contribution in [0.4, 0.5) is 0 Å². The van der Waals surface area contributed by atoms with Crippen molar-refractivity contribution in [3.8, 4) is 11.8 Å². The summed E-state index contributed by atoms with van der Waals surface area (Å²) in [5.74, 6) is 6.81. The molecule has 0 rings (SSSR count). The normalized spacial score (nSPS) is 10.2. The molecule has 3 heteroatoms. The van der Waals surface area contributed by atoms with Gasteiger partial charge in [0.05, 0.1) is 0 Å². The van der Waals surface area contributed by atoms with Crippen molar-refractivity contribution in [2.75, 3.05) is 20.5 Å². The maximum Gasteiger partial charge on any atom is 0.146 e. The molecule has 0 radical (unpaired) electrons. The van der Waals surface area contributed by atoms with Crippen molar-refractivity contribution in [3.63, 3.8) is 0 Å². The van der Waals surface area contributed by atoms with Crippen LogP contribution in [-0.4, -0.2) is 26.3 Å². The zero-order valence-corrected chi connectivity index (χ0v) is 13.9. The number of Topliss-reactive ketones (excluding diaryl/α,β-unsaturated/α-hetero) is 1. The Kier molecular flexibility index (Phi) is 16.5. The van der Waals surface area contributed by atoms with Gasteiger partial charge in [-0.15, -0.1) is 11.8 Å². The average molecular weight is 296 g/mol. The molecule has 0 N–H and O–H groups in total. The molecule has 0 heterocycles. The minimum atomic E-state index is 0.371. The Morgan fingerprint density at radius 2 is 1.52 bits per heavy atom. The summed E-state index contributed by atoms with van der Waals surface area (Å²) in [6, 6.07) is 0. The van der Waals surface area contributed by atoms with Gasteiger partial charge in [0, 0.05) is 39.4 Å². The fourth-order valence-corrected chi connectivity index (χ4v) is 1.98. The molecule has 122 valence electrons. The number of carbonyl (C=O) groups is 1. The number of hydrogen-bond acceptors (Lipinski definition) is 3. The first-order chi connectivity index (χ1) is 10.3. The highest BCUT2D eigenvalue weighted by molar-refractivity contribution is 5.77. The van der Waals surface area contributed by atoms with Gasteiger partial charge in [0.1, 0.15) is 12.6 Å². The second kappa shape index (κ2) is 17.2. The largest absolute Gasteiger partial charge is 0.359 e. The van der Waals surface area contributed by atoms with Crippen molar-refractivity contribution in [1.82, 2.24) is 0 Å². The molecular weight excluding hydrogens is 264 g/mol. The molecule has 0 aromatic carbocycles. The number of unbranched alkanes of at least 4 members (excludes halogenated alkanes) is 7. The molecule has 0 bridgehead atoms. The highest BCUT2D eigenvalue weighted by atomic mass is 16.7. The van der Waals surface area contributed by atoms with Crippen molar-refractivity contribution in [1.29, 1.82) is 0 Å². The molecule has 0 saturated heterocycles. The molecule has 0 fully saturated rings. The maximum absolute atomic E-state index is 11.1. The minimum absolute atomic E-state index is 0.371. The van der Waals surface area contributed by atoms with E-state index in [1.807, 2.05) is 6.92 Å². The smallest absolute Gasteiger partial charge is 0.146 e. The highest BCUT2D eigenvalue weighted by Crippen LogP contribution is 2.05. The number of ketones is 1. The van der Waals surface area contributed by atoms with Crippen molar-refractivity contribution >= 4 is 5.78 Å². The van der Waals surface area contributed by atoms with Gasteiger partial charge in [-0.25, -0.2) is 0 Å². The summed E-state index contributed by atoms with van der Waals surface area (Å²) in [7, 11) is 1.64. The molecule has 0 saturated carbocycles. The fraction of sp³-hybridized carbons (Fsp3) is 0.833. The van der Waals surface area contributed by atoms with E-state index in [0.29, 0.717) is 19.0 Å². The van der Waals surface area contributed by atoms with Gasteiger partial charge in [-0.3, -0.25) is 4.79 Å². The van der Waals surface area contributed by atoms with Crippen LogP contribution in [0.2, 0.25) is 0 Å². The van der Waals surface area contributed by atoms with Crippen molar-refractivity contribution in [3.05, 3.63) is 0 Å². The topological polar surface area (TPSA) is 35.5 Å². The number of hydrogen-bond donors (Lipinski definition) is 0. The third kappa shape index (κ3) is 17.1. The Morgan fingerprint density at radius 3 is 2.19 bits per heavy atom. The SMILES string of the molecule is CCC(=O)CCCCC#CCCCCCCCOCOC. The van der Waals surface area contributed by atoms with Crippen molar-refractivity contribution < 1.29 is 14.3 Å². The summed E-state index contributed by atoms with van der Waals surface area (Å²) in [5.41, 5.74) is 0. The fourth-order valence-electron chi connectivity index (χ4n) is 1.98. The molecule has 0 aromatic heterocycles. The summed E-state index contributed by atoms with van der Waals surface area (Å²) >= 11 is 0. The first-order valence-corrected chi connectivity index (χ1v) is 8.35. The van der Waals surface area contributed by atoms with Crippen LogP contribution < -0.4 is 0 Å². The van der Waals surface area contributed by atoms with Gasteiger partial charge < -0.3 is 9.47 Å². The Hall–Kier alpha value is -0.850. The molecular formula is C18H32O3. The Morgan fingerprint density at radius 1 is 0.905 bits per heavy atom. The molecule has 0 unspecified atom stereocenters.